The van der Waals surface area contributed by atoms with Crippen molar-refractivity contribution >= 4 is 23.6 Å². The van der Waals surface area contributed by atoms with Gasteiger partial charge in [0.25, 0.3) is 5.91 Å². The topological polar surface area (TPSA) is 122 Å². The predicted octanol–water partition coefficient (Wildman–Crippen LogP) is 3.41. The molecule has 10 heteroatoms. The fourth-order valence-electron chi connectivity index (χ4n) is 4.56. The van der Waals surface area contributed by atoms with Gasteiger partial charge in [0.15, 0.2) is 23.5 Å². The molecule has 5 N–H and O–H groups in total. The number of fused-ring (bicyclic) bond motifs is 1. The van der Waals surface area contributed by atoms with Gasteiger partial charge in [0, 0.05) is 30.6 Å². The van der Waals surface area contributed by atoms with Crippen molar-refractivity contribution in [1.82, 2.24) is 10.3 Å². The highest BCUT2D eigenvalue weighted by molar-refractivity contribution is 6.07. The van der Waals surface area contributed by atoms with Crippen LogP contribution in [0.2, 0.25) is 0 Å². The van der Waals surface area contributed by atoms with Crippen LogP contribution in [0.15, 0.2) is 36.7 Å². The molecule has 0 saturated heterocycles. The Hall–Kier alpha value is -3.92. The van der Waals surface area contributed by atoms with E-state index in [1.165, 1.54) is 13.2 Å². The number of halogens is 1. The van der Waals surface area contributed by atoms with Crippen molar-refractivity contribution in [2.45, 2.75) is 38.6 Å². The lowest BCUT2D eigenvalue weighted by atomic mass is 9.92. The van der Waals surface area contributed by atoms with E-state index in [2.05, 4.69) is 15.6 Å². The number of aldehydes is 1. The van der Waals surface area contributed by atoms with E-state index in [9.17, 15) is 14.0 Å². The Balaban J connectivity index is 1.91. The van der Waals surface area contributed by atoms with Crippen molar-refractivity contribution in [3.8, 4) is 22.8 Å². The summed E-state index contributed by atoms with van der Waals surface area (Å²) in [5.74, 6) is -0.222. The minimum Gasteiger partial charge on any atom is -0.492 e. The van der Waals surface area contributed by atoms with Crippen LogP contribution < -0.4 is 30.4 Å². The lowest BCUT2D eigenvalue weighted by molar-refractivity contribution is -0.693. The molecule has 0 fully saturated rings. The van der Waals surface area contributed by atoms with Gasteiger partial charge in [0.1, 0.15) is 12.8 Å². The van der Waals surface area contributed by atoms with Crippen LogP contribution in [0.4, 0.5) is 15.8 Å². The summed E-state index contributed by atoms with van der Waals surface area (Å²) < 4.78 is 27.9. The van der Waals surface area contributed by atoms with E-state index >= 15 is 0 Å². The molecule has 1 aromatic carbocycles. The highest BCUT2D eigenvalue weighted by Gasteiger charge is 2.34. The zero-order valence-electron chi connectivity index (χ0n) is 21.1. The van der Waals surface area contributed by atoms with Crippen LogP contribution >= 0.6 is 0 Å². The Morgan fingerprint density at radius 2 is 2.16 bits per heavy atom. The molecule has 1 aliphatic heterocycles. The molecule has 196 valence electrons. The maximum Gasteiger partial charge on any atom is 0.255 e. The number of aromatic nitrogens is 2. The van der Waals surface area contributed by atoms with Gasteiger partial charge in [0.05, 0.1) is 41.9 Å². The summed E-state index contributed by atoms with van der Waals surface area (Å²) in [6, 6.07) is 6.49. The average Bonchev–Trinajstić information content (AvgIpc) is 3.28. The summed E-state index contributed by atoms with van der Waals surface area (Å²) in [7, 11) is 1.39. The first-order valence-corrected chi connectivity index (χ1v) is 12.5. The summed E-state index contributed by atoms with van der Waals surface area (Å²) in [6.45, 7) is 4.11. The van der Waals surface area contributed by atoms with E-state index in [4.69, 9.17) is 15.2 Å². The minimum atomic E-state index is -0.527. The summed E-state index contributed by atoms with van der Waals surface area (Å²) in [4.78, 5) is 27.7. The number of carbonyl (C=O) groups excluding carboxylic acids is 2. The van der Waals surface area contributed by atoms with Crippen LogP contribution in [0.3, 0.4) is 0 Å². The number of pyridine rings is 1. The van der Waals surface area contributed by atoms with Gasteiger partial charge in [-0.05, 0) is 38.4 Å². The average molecular weight is 511 g/mol. The maximum atomic E-state index is 14.5. The molecular formula is C27H33FN5O4+. The number of nitrogens with two attached hydrogens (primary N) is 1. The normalized spacial score (nSPS) is 14.6. The Kier molecular flexibility index (Phi) is 8.39. The molecule has 1 aliphatic rings. The predicted molar refractivity (Wildman–Crippen MR) is 138 cm³/mol. The quantitative estimate of drug-likeness (QED) is 0.168. The Morgan fingerprint density at radius 3 is 2.89 bits per heavy atom. The SMILES string of the molecule is CC[n+]1ccc(-c2[nH]c3c(c2Nc2cccc(F)c2OC)C(=O)NCC3CCC=O)c(OCCCN)c1. The van der Waals surface area contributed by atoms with Crippen molar-refractivity contribution in [3.63, 3.8) is 0 Å². The standard InChI is InChI=1S/C27H32FN5O4/c1-3-33-12-10-18(21(16-33)37-14-6-11-29)24-25(31-20-9-4-8-19(28)26(20)36-2)22-23(32-24)17(7-5-13-34)15-30-27(22)35/h4,8-10,12-13,16-17H,3,5-7,11,14-15,29H2,1-2H3,(H2,30,31,32,35)/p+1. The van der Waals surface area contributed by atoms with Crippen LogP contribution in [-0.4, -0.2) is 44.0 Å². The van der Waals surface area contributed by atoms with Gasteiger partial charge in [-0.3, -0.25) is 4.79 Å². The molecule has 1 atom stereocenters. The van der Waals surface area contributed by atoms with Crippen LogP contribution in [0.1, 0.15) is 48.2 Å². The third-order valence-corrected chi connectivity index (χ3v) is 6.46. The highest BCUT2D eigenvalue weighted by atomic mass is 19.1. The van der Waals surface area contributed by atoms with Crippen molar-refractivity contribution in [3.05, 3.63) is 53.7 Å². The minimum absolute atomic E-state index is 0.0356. The number of hydrogen-bond acceptors (Lipinski definition) is 6. The number of H-pyrrole nitrogens is 1. The van der Waals surface area contributed by atoms with Crippen LogP contribution in [0.25, 0.3) is 11.3 Å². The molecule has 0 saturated carbocycles. The number of anilines is 2. The number of aryl methyl sites for hydroxylation is 1. The molecule has 3 aromatic rings. The molecule has 3 heterocycles. The van der Waals surface area contributed by atoms with E-state index < -0.39 is 5.82 Å². The van der Waals surface area contributed by atoms with E-state index in [0.717, 1.165) is 24.1 Å². The molecule has 37 heavy (non-hydrogen) atoms. The zero-order chi connectivity index (χ0) is 26.4. The molecule has 1 amide bonds. The van der Waals surface area contributed by atoms with Gasteiger partial charge in [0.2, 0.25) is 6.20 Å². The number of nitrogens with zero attached hydrogens (tertiary/aromatic N) is 1. The monoisotopic (exact) mass is 510 g/mol. The van der Waals surface area contributed by atoms with Gasteiger partial charge >= 0.3 is 0 Å². The first kappa shape index (κ1) is 26.2. The molecular weight excluding hydrogens is 477 g/mol. The molecule has 0 bridgehead atoms. The van der Waals surface area contributed by atoms with Crippen molar-refractivity contribution in [1.29, 1.82) is 0 Å². The number of methoxy groups -OCH3 is 1. The third kappa shape index (κ3) is 5.43. The van der Waals surface area contributed by atoms with Gasteiger partial charge in [-0.15, -0.1) is 0 Å². The number of hydrogen-bond donors (Lipinski definition) is 4. The van der Waals surface area contributed by atoms with E-state index in [1.807, 2.05) is 30.0 Å². The Morgan fingerprint density at radius 1 is 1.32 bits per heavy atom. The molecule has 2 aromatic heterocycles. The van der Waals surface area contributed by atoms with Gasteiger partial charge < -0.3 is 35.6 Å². The Bertz CT molecular complexity index is 1280. The number of ether oxygens (including phenoxy) is 2. The highest BCUT2D eigenvalue weighted by Crippen LogP contribution is 2.44. The summed E-state index contributed by atoms with van der Waals surface area (Å²) >= 11 is 0. The molecule has 0 radical (unpaired) electrons. The van der Waals surface area contributed by atoms with Gasteiger partial charge in [-0.25, -0.2) is 8.96 Å². The van der Waals surface area contributed by atoms with Gasteiger partial charge in [-0.1, -0.05) is 6.07 Å². The van der Waals surface area contributed by atoms with Crippen LogP contribution in [0, 0.1) is 5.82 Å². The van der Waals surface area contributed by atoms with Gasteiger partial charge in [-0.2, -0.15) is 0 Å². The van der Waals surface area contributed by atoms with E-state index in [0.29, 0.717) is 67.3 Å². The fraction of sp³-hybridized carbons (Fsp3) is 0.370. The Labute approximate surface area is 215 Å². The van der Waals surface area contributed by atoms with Crippen LogP contribution in [0.5, 0.6) is 11.5 Å². The number of para-hydroxylation sites is 1. The number of rotatable bonds is 12. The first-order valence-electron chi connectivity index (χ1n) is 12.5. The second-order valence-corrected chi connectivity index (χ2v) is 8.80. The van der Waals surface area contributed by atoms with E-state index in [-0.39, 0.29) is 17.6 Å². The first-order chi connectivity index (χ1) is 18.0. The second kappa shape index (κ2) is 11.9. The number of benzene rings is 1. The smallest absolute Gasteiger partial charge is 0.255 e. The lowest BCUT2D eigenvalue weighted by Gasteiger charge is -2.23. The molecule has 4 rings (SSSR count). The van der Waals surface area contributed by atoms with Crippen molar-refractivity contribution in [2.24, 2.45) is 5.73 Å². The summed E-state index contributed by atoms with van der Waals surface area (Å²) in [5, 5.41) is 6.19. The third-order valence-electron chi connectivity index (χ3n) is 6.46. The summed E-state index contributed by atoms with van der Waals surface area (Å²) in [6.07, 6.45) is 6.34. The number of aromatic amines is 1. The number of nitrogens with one attached hydrogen (secondary N) is 3. The largest absolute Gasteiger partial charge is 0.492 e. The van der Waals surface area contributed by atoms with Crippen molar-refractivity contribution < 1.29 is 28.0 Å². The zero-order valence-corrected chi connectivity index (χ0v) is 21.1. The lowest BCUT2D eigenvalue weighted by Crippen LogP contribution is -2.35. The maximum absolute atomic E-state index is 14.5. The molecule has 0 spiro atoms. The second-order valence-electron chi connectivity index (χ2n) is 8.80. The number of carbonyl (C=O) groups is 2. The summed E-state index contributed by atoms with van der Waals surface area (Å²) in [5.41, 5.74) is 9.02. The molecule has 1 unspecified atom stereocenters. The fourth-order valence-corrected chi connectivity index (χ4v) is 4.56. The molecule has 9 nitrogen and oxygen atoms in total. The van der Waals surface area contributed by atoms with Crippen LogP contribution in [-0.2, 0) is 11.3 Å². The van der Waals surface area contributed by atoms with Crippen molar-refractivity contribution in [2.75, 3.05) is 32.1 Å². The molecule has 0 aliphatic carbocycles. The number of amides is 1. The van der Waals surface area contributed by atoms with E-state index in [1.54, 1.807) is 12.1 Å².